The van der Waals surface area contributed by atoms with Gasteiger partial charge in [0.2, 0.25) is 5.95 Å². The van der Waals surface area contributed by atoms with Gasteiger partial charge in [0.25, 0.3) is 0 Å². The number of carbonyl (C=O) groups excluding carboxylic acids is 1. The van der Waals surface area contributed by atoms with Crippen LogP contribution in [0.15, 0.2) is 35.0 Å². The highest BCUT2D eigenvalue weighted by Crippen LogP contribution is 2.36. The molecule has 0 radical (unpaired) electrons. The molecule has 180 valence electrons. The number of rotatable bonds is 5. The van der Waals surface area contributed by atoms with Gasteiger partial charge >= 0.3 is 12.2 Å². The van der Waals surface area contributed by atoms with Gasteiger partial charge in [-0.1, -0.05) is 12.1 Å². The Balaban J connectivity index is 1.25. The highest BCUT2D eigenvalue weighted by Gasteiger charge is 2.43. The van der Waals surface area contributed by atoms with Crippen LogP contribution in [0.2, 0.25) is 0 Å². The van der Waals surface area contributed by atoms with Gasteiger partial charge in [0.1, 0.15) is 0 Å². The highest BCUT2D eigenvalue weighted by atomic mass is 19.4. The van der Waals surface area contributed by atoms with Crippen LogP contribution in [0.3, 0.4) is 0 Å². The van der Waals surface area contributed by atoms with E-state index in [2.05, 4.69) is 25.6 Å². The molecule has 2 aliphatic heterocycles. The standard InChI is InChI=1S/C23H25F3N6O2/c1-13-28-12-20(34-13)14-2-3-15-11-29-21(30-19(15)8-14)31-22(33)32-17-4-5-18(32)10-16(9-17)27-7-6-23(24,25)26/h2-3,8,11-12,16-18,27H,4-7,9-10H2,1H3,(H,29,30,31,33)/t16-,17+,18-. The first-order valence-electron chi connectivity index (χ1n) is 11.3. The van der Waals surface area contributed by atoms with Crippen molar-refractivity contribution in [3.63, 3.8) is 0 Å². The maximum atomic E-state index is 13.1. The first-order valence-corrected chi connectivity index (χ1v) is 11.3. The summed E-state index contributed by atoms with van der Waals surface area (Å²) in [4.78, 5) is 27.8. The van der Waals surface area contributed by atoms with Crippen molar-refractivity contribution in [3.8, 4) is 11.3 Å². The van der Waals surface area contributed by atoms with Gasteiger partial charge in [0.15, 0.2) is 11.7 Å². The molecule has 0 aliphatic carbocycles. The first-order chi connectivity index (χ1) is 16.2. The Morgan fingerprint density at radius 1 is 1.18 bits per heavy atom. The Morgan fingerprint density at radius 3 is 2.62 bits per heavy atom. The van der Waals surface area contributed by atoms with E-state index in [4.69, 9.17) is 4.42 Å². The van der Waals surface area contributed by atoms with Crippen LogP contribution in [0.25, 0.3) is 22.2 Å². The molecule has 11 heteroatoms. The molecule has 2 aliphatic rings. The van der Waals surface area contributed by atoms with Crippen LogP contribution < -0.4 is 10.6 Å². The van der Waals surface area contributed by atoms with Gasteiger partial charge in [-0.05, 0) is 31.7 Å². The predicted octanol–water partition coefficient (Wildman–Crippen LogP) is 4.66. The summed E-state index contributed by atoms with van der Waals surface area (Å²) in [6, 6.07) is 5.32. The van der Waals surface area contributed by atoms with Crippen LogP contribution in [0, 0.1) is 6.92 Å². The summed E-state index contributed by atoms with van der Waals surface area (Å²) < 4.78 is 42.9. The van der Waals surface area contributed by atoms with Crippen molar-refractivity contribution in [1.82, 2.24) is 25.2 Å². The van der Waals surface area contributed by atoms with E-state index in [1.54, 1.807) is 19.3 Å². The fraction of sp³-hybridized carbons (Fsp3) is 0.478. The molecule has 5 rings (SSSR count). The zero-order chi connectivity index (χ0) is 23.9. The first kappa shape index (κ1) is 22.6. The minimum absolute atomic E-state index is 0.0103. The Labute approximate surface area is 194 Å². The number of urea groups is 1. The third kappa shape index (κ3) is 4.84. The molecule has 3 aromatic rings. The van der Waals surface area contributed by atoms with Gasteiger partial charge in [-0.2, -0.15) is 13.2 Å². The van der Waals surface area contributed by atoms with Crippen LogP contribution in [-0.2, 0) is 0 Å². The van der Waals surface area contributed by atoms with Crippen molar-refractivity contribution in [2.75, 3.05) is 11.9 Å². The van der Waals surface area contributed by atoms with E-state index in [0.717, 1.165) is 23.8 Å². The number of benzene rings is 1. The van der Waals surface area contributed by atoms with Gasteiger partial charge in [-0.3, -0.25) is 5.32 Å². The number of amides is 2. The molecule has 4 heterocycles. The molecule has 1 aromatic carbocycles. The summed E-state index contributed by atoms with van der Waals surface area (Å²) in [6.07, 6.45) is 1.25. The number of hydrogen-bond donors (Lipinski definition) is 2. The van der Waals surface area contributed by atoms with Crippen LogP contribution in [0.5, 0.6) is 0 Å². The third-order valence-electron chi connectivity index (χ3n) is 6.52. The highest BCUT2D eigenvalue weighted by molar-refractivity contribution is 5.90. The number of nitrogens with one attached hydrogen (secondary N) is 2. The summed E-state index contributed by atoms with van der Waals surface area (Å²) in [5.74, 6) is 1.40. The monoisotopic (exact) mass is 474 g/mol. The zero-order valence-corrected chi connectivity index (χ0v) is 18.6. The second kappa shape index (κ2) is 8.86. The smallest absolute Gasteiger partial charge is 0.390 e. The molecule has 2 saturated heterocycles. The molecule has 2 bridgehead atoms. The number of anilines is 1. The number of nitrogens with zero attached hydrogens (tertiary/aromatic N) is 4. The summed E-state index contributed by atoms with van der Waals surface area (Å²) in [7, 11) is 0. The van der Waals surface area contributed by atoms with Crippen molar-refractivity contribution in [3.05, 3.63) is 36.5 Å². The fourth-order valence-electron chi connectivity index (χ4n) is 4.99. The van der Waals surface area contributed by atoms with E-state index in [1.807, 2.05) is 23.1 Å². The summed E-state index contributed by atoms with van der Waals surface area (Å²) in [6.45, 7) is 1.68. The van der Waals surface area contributed by atoms with Crippen molar-refractivity contribution < 1.29 is 22.4 Å². The van der Waals surface area contributed by atoms with Crippen molar-refractivity contribution in [2.45, 2.75) is 63.3 Å². The maximum Gasteiger partial charge on any atom is 0.390 e. The lowest BCUT2D eigenvalue weighted by molar-refractivity contribution is -0.133. The normalized spacial score (nSPS) is 22.4. The Morgan fingerprint density at radius 2 is 1.94 bits per heavy atom. The number of halogens is 3. The minimum Gasteiger partial charge on any atom is -0.441 e. The number of alkyl halides is 3. The second-order valence-corrected chi connectivity index (χ2v) is 8.92. The molecule has 2 fully saturated rings. The summed E-state index contributed by atoms with van der Waals surface area (Å²) in [5, 5.41) is 6.64. The van der Waals surface area contributed by atoms with Crippen LogP contribution in [-0.4, -0.2) is 56.7 Å². The molecule has 0 saturated carbocycles. The lowest BCUT2D eigenvalue weighted by Gasteiger charge is -2.39. The molecule has 2 amide bonds. The number of carbonyl (C=O) groups is 1. The SMILES string of the molecule is Cc1ncc(-c2ccc3cnc(NC(=O)N4[C@@H]5CC[C@H]4C[C@@H](NCCC(F)(F)F)C5)nc3c2)o1. The third-order valence-corrected chi connectivity index (χ3v) is 6.52. The van der Waals surface area contributed by atoms with Crippen LogP contribution in [0.1, 0.15) is 38.0 Å². The van der Waals surface area contributed by atoms with Crippen molar-refractivity contribution >= 4 is 22.9 Å². The van der Waals surface area contributed by atoms with E-state index in [1.165, 1.54) is 0 Å². The molecule has 8 nitrogen and oxygen atoms in total. The predicted molar refractivity (Wildman–Crippen MR) is 119 cm³/mol. The van der Waals surface area contributed by atoms with E-state index in [0.29, 0.717) is 30.0 Å². The average molecular weight is 474 g/mol. The summed E-state index contributed by atoms with van der Waals surface area (Å²) in [5.41, 5.74) is 1.48. The Kier molecular flexibility index (Phi) is 5.88. The molecular formula is C23H25F3N6O2. The van der Waals surface area contributed by atoms with E-state index >= 15 is 0 Å². The lowest BCUT2D eigenvalue weighted by Crippen LogP contribution is -2.53. The Bertz CT molecular complexity index is 1180. The molecule has 2 aromatic heterocycles. The quantitative estimate of drug-likeness (QED) is 0.558. The number of oxazole rings is 1. The largest absolute Gasteiger partial charge is 0.441 e. The number of fused-ring (bicyclic) bond motifs is 3. The van der Waals surface area contributed by atoms with Crippen LogP contribution >= 0.6 is 0 Å². The molecule has 0 unspecified atom stereocenters. The molecular weight excluding hydrogens is 449 g/mol. The molecule has 0 spiro atoms. The van der Waals surface area contributed by atoms with Crippen molar-refractivity contribution in [2.24, 2.45) is 0 Å². The number of aromatic nitrogens is 3. The molecule has 34 heavy (non-hydrogen) atoms. The molecule has 2 N–H and O–H groups in total. The lowest BCUT2D eigenvalue weighted by atomic mass is 9.97. The Hall–Kier alpha value is -3.21. The fourth-order valence-corrected chi connectivity index (χ4v) is 4.99. The minimum atomic E-state index is -4.17. The van der Waals surface area contributed by atoms with E-state index in [-0.39, 0.29) is 36.6 Å². The maximum absolute atomic E-state index is 13.1. The van der Waals surface area contributed by atoms with Crippen LogP contribution in [0.4, 0.5) is 23.9 Å². The van der Waals surface area contributed by atoms with Gasteiger partial charge in [-0.15, -0.1) is 0 Å². The number of hydrogen-bond acceptors (Lipinski definition) is 6. The van der Waals surface area contributed by atoms with Gasteiger partial charge in [0.05, 0.1) is 18.1 Å². The number of aryl methyl sites for hydroxylation is 1. The zero-order valence-electron chi connectivity index (χ0n) is 18.6. The van der Waals surface area contributed by atoms with E-state index in [9.17, 15) is 18.0 Å². The van der Waals surface area contributed by atoms with Crippen molar-refractivity contribution in [1.29, 1.82) is 0 Å². The number of piperidine rings is 1. The van der Waals surface area contributed by atoms with Gasteiger partial charge < -0.3 is 14.6 Å². The second-order valence-electron chi connectivity index (χ2n) is 8.92. The molecule has 3 atom stereocenters. The summed E-state index contributed by atoms with van der Waals surface area (Å²) >= 11 is 0. The topological polar surface area (TPSA) is 96.2 Å². The van der Waals surface area contributed by atoms with Gasteiger partial charge in [0, 0.05) is 48.7 Å². The van der Waals surface area contributed by atoms with Gasteiger partial charge in [-0.25, -0.2) is 19.7 Å². The average Bonchev–Trinajstić information content (AvgIpc) is 3.33. The van der Waals surface area contributed by atoms with E-state index < -0.39 is 12.6 Å².